The van der Waals surface area contributed by atoms with Gasteiger partial charge in [-0.1, -0.05) is 12.8 Å². The first-order valence-corrected chi connectivity index (χ1v) is 7.20. The number of rotatable bonds is 4. The van der Waals surface area contributed by atoms with Crippen molar-refractivity contribution < 1.29 is 4.74 Å². The third kappa shape index (κ3) is 2.53. The van der Waals surface area contributed by atoms with Crippen LogP contribution in [0.2, 0.25) is 0 Å². The van der Waals surface area contributed by atoms with E-state index in [-0.39, 0.29) is 0 Å². The van der Waals surface area contributed by atoms with Crippen molar-refractivity contribution in [2.24, 2.45) is 5.92 Å². The van der Waals surface area contributed by atoms with Gasteiger partial charge in [0.05, 0.1) is 12.3 Å². The third-order valence-electron chi connectivity index (χ3n) is 4.14. The van der Waals surface area contributed by atoms with Crippen molar-refractivity contribution in [3.8, 4) is 0 Å². The van der Waals surface area contributed by atoms with Crippen LogP contribution in [0.15, 0.2) is 6.20 Å². The fourth-order valence-electron chi connectivity index (χ4n) is 3.09. The molecule has 0 spiro atoms. The number of nitrogens with one attached hydrogen (secondary N) is 1. The van der Waals surface area contributed by atoms with Gasteiger partial charge in [0.1, 0.15) is 0 Å². The number of aromatic nitrogens is 2. The van der Waals surface area contributed by atoms with E-state index in [1.807, 2.05) is 0 Å². The minimum absolute atomic E-state index is 0.652. The van der Waals surface area contributed by atoms with Gasteiger partial charge in [0, 0.05) is 31.3 Å². The summed E-state index contributed by atoms with van der Waals surface area (Å²) in [6, 6.07) is 0.661. The summed E-state index contributed by atoms with van der Waals surface area (Å²) in [6.07, 6.45) is 8.70. The summed E-state index contributed by atoms with van der Waals surface area (Å²) < 4.78 is 7.77. The molecule has 0 bridgehead atoms. The normalized spacial score (nSPS) is 24.8. The molecule has 3 rings (SSSR count). The first kappa shape index (κ1) is 12.0. The van der Waals surface area contributed by atoms with Crippen molar-refractivity contribution in [2.75, 3.05) is 25.1 Å². The number of imidazole rings is 1. The maximum absolute atomic E-state index is 5.41. The van der Waals surface area contributed by atoms with Crippen LogP contribution in [0.1, 0.15) is 43.8 Å². The highest BCUT2D eigenvalue weighted by Crippen LogP contribution is 2.32. The Bertz CT molecular complexity index is 390. The summed E-state index contributed by atoms with van der Waals surface area (Å²) >= 11 is 0. The lowest BCUT2D eigenvalue weighted by Crippen LogP contribution is -2.18. The van der Waals surface area contributed by atoms with E-state index in [0.717, 1.165) is 31.4 Å². The van der Waals surface area contributed by atoms with Gasteiger partial charge in [-0.15, -0.1) is 0 Å². The number of ether oxygens (including phenoxy) is 1. The molecule has 18 heavy (non-hydrogen) atoms. The Hall–Kier alpha value is -1.03. The monoisotopic (exact) mass is 249 g/mol. The van der Waals surface area contributed by atoms with E-state index < -0.39 is 0 Å². The fraction of sp³-hybridized carbons (Fsp3) is 0.786. The molecule has 1 saturated carbocycles. The van der Waals surface area contributed by atoms with E-state index in [1.54, 1.807) is 0 Å². The first-order valence-electron chi connectivity index (χ1n) is 7.20. The number of hydrogen-bond acceptors (Lipinski definition) is 3. The van der Waals surface area contributed by atoms with Gasteiger partial charge in [-0.25, -0.2) is 4.98 Å². The summed E-state index contributed by atoms with van der Waals surface area (Å²) in [6.45, 7) is 4.89. The number of nitrogens with zero attached hydrogens (tertiary/aromatic N) is 2. The van der Waals surface area contributed by atoms with Crippen LogP contribution in [0, 0.1) is 12.8 Å². The molecule has 0 aromatic carbocycles. The second kappa shape index (κ2) is 5.31. The maximum Gasteiger partial charge on any atom is 0.203 e. The van der Waals surface area contributed by atoms with Gasteiger partial charge < -0.3 is 14.6 Å². The van der Waals surface area contributed by atoms with Gasteiger partial charge in [0.2, 0.25) is 5.95 Å². The first-order chi connectivity index (χ1) is 8.83. The predicted octanol–water partition coefficient (Wildman–Crippen LogP) is 2.76. The molecule has 4 nitrogen and oxygen atoms in total. The van der Waals surface area contributed by atoms with Crippen molar-refractivity contribution >= 4 is 5.95 Å². The molecule has 2 fully saturated rings. The molecule has 2 heterocycles. The highest BCUT2D eigenvalue weighted by atomic mass is 16.5. The zero-order valence-corrected chi connectivity index (χ0v) is 11.2. The highest BCUT2D eigenvalue weighted by Gasteiger charge is 2.21. The lowest BCUT2D eigenvalue weighted by Gasteiger charge is -2.16. The van der Waals surface area contributed by atoms with Crippen LogP contribution >= 0.6 is 0 Å². The number of anilines is 1. The minimum Gasteiger partial charge on any atom is -0.381 e. The molecule has 100 valence electrons. The summed E-state index contributed by atoms with van der Waals surface area (Å²) in [5, 5.41) is 3.52. The molecule has 1 aliphatic carbocycles. The van der Waals surface area contributed by atoms with Crippen LogP contribution in [0.25, 0.3) is 0 Å². The Balaban J connectivity index is 1.66. The quantitative estimate of drug-likeness (QED) is 0.891. The van der Waals surface area contributed by atoms with E-state index in [2.05, 4.69) is 28.0 Å². The van der Waals surface area contributed by atoms with Gasteiger partial charge in [0.25, 0.3) is 0 Å². The molecule has 1 unspecified atom stereocenters. The van der Waals surface area contributed by atoms with Crippen LogP contribution in [-0.2, 0) is 4.74 Å². The summed E-state index contributed by atoms with van der Waals surface area (Å²) in [4.78, 5) is 4.63. The highest BCUT2D eigenvalue weighted by molar-refractivity contribution is 5.30. The van der Waals surface area contributed by atoms with Gasteiger partial charge in [-0.2, -0.15) is 0 Å². The maximum atomic E-state index is 5.41. The minimum atomic E-state index is 0.652. The third-order valence-corrected chi connectivity index (χ3v) is 4.14. The Morgan fingerprint density at radius 2 is 2.22 bits per heavy atom. The molecule has 1 aliphatic heterocycles. The average molecular weight is 249 g/mol. The second-order valence-electron chi connectivity index (χ2n) is 5.66. The molecule has 1 atom stereocenters. The Labute approximate surface area is 109 Å². The lowest BCUT2D eigenvalue weighted by atomic mass is 10.1. The summed E-state index contributed by atoms with van der Waals surface area (Å²) in [7, 11) is 0. The van der Waals surface area contributed by atoms with Crippen LogP contribution in [0.3, 0.4) is 0 Å². The molecule has 1 aromatic rings. The lowest BCUT2D eigenvalue weighted by molar-refractivity contribution is 0.187. The van der Waals surface area contributed by atoms with Gasteiger partial charge in [-0.05, 0) is 26.2 Å². The molecule has 1 aromatic heterocycles. The Morgan fingerprint density at radius 3 is 2.94 bits per heavy atom. The average Bonchev–Trinajstić information content (AvgIpc) is 3.08. The molecule has 4 heteroatoms. The van der Waals surface area contributed by atoms with Crippen LogP contribution in [-0.4, -0.2) is 29.3 Å². The van der Waals surface area contributed by atoms with E-state index in [0.29, 0.717) is 12.0 Å². The molecule has 2 aliphatic rings. The van der Waals surface area contributed by atoms with Crippen molar-refractivity contribution in [1.29, 1.82) is 0 Å². The Kier molecular flexibility index (Phi) is 3.55. The Morgan fingerprint density at radius 1 is 1.39 bits per heavy atom. The second-order valence-corrected chi connectivity index (χ2v) is 5.66. The smallest absolute Gasteiger partial charge is 0.203 e. The van der Waals surface area contributed by atoms with E-state index in [4.69, 9.17) is 4.74 Å². The zero-order chi connectivity index (χ0) is 12.4. The number of aryl methyl sites for hydroxylation is 1. The SMILES string of the molecule is Cc1cn(C2CCCC2)c(NCC2CCOC2)n1. The van der Waals surface area contributed by atoms with E-state index in [9.17, 15) is 0 Å². The predicted molar refractivity (Wildman–Crippen MR) is 71.9 cm³/mol. The topological polar surface area (TPSA) is 39.1 Å². The molecule has 0 radical (unpaired) electrons. The molecule has 0 amide bonds. The summed E-state index contributed by atoms with van der Waals surface area (Å²) in [5.41, 5.74) is 1.12. The van der Waals surface area contributed by atoms with E-state index in [1.165, 1.54) is 32.1 Å². The van der Waals surface area contributed by atoms with Crippen molar-refractivity contribution in [3.05, 3.63) is 11.9 Å². The van der Waals surface area contributed by atoms with Crippen LogP contribution in [0.4, 0.5) is 5.95 Å². The van der Waals surface area contributed by atoms with Crippen molar-refractivity contribution in [1.82, 2.24) is 9.55 Å². The van der Waals surface area contributed by atoms with Gasteiger partial charge in [-0.3, -0.25) is 0 Å². The molecular formula is C14H23N3O. The van der Waals surface area contributed by atoms with Crippen molar-refractivity contribution in [3.63, 3.8) is 0 Å². The fourth-order valence-corrected chi connectivity index (χ4v) is 3.09. The largest absolute Gasteiger partial charge is 0.381 e. The molecular weight excluding hydrogens is 226 g/mol. The number of hydrogen-bond donors (Lipinski definition) is 1. The van der Waals surface area contributed by atoms with Crippen LogP contribution in [0.5, 0.6) is 0 Å². The van der Waals surface area contributed by atoms with E-state index >= 15 is 0 Å². The standard InChI is InChI=1S/C14H23N3O/c1-11-9-17(13-4-2-3-5-13)14(16-11)15-8-12-6-7-18-10-12/h9,12-13H,2-8,10H2,1H3,(H,15,16). The zero-order valence-electron chi connectivity index (χ0n) is 11.2. The summed E-state index contributed by atoms with van der Waals surface area (Å²) in [5.74, 6) is 1.71. The van der Waals surface area contributed by atoms with Crippen LogP contribution < -0.4 is 5.32 Å². The molecule has 1 N–H and O–H groups in total. The molecule has 1 saturated heterocycles. The van der Waals surface area contributed by atoms with Gasteiger partial charge >= 0.3 is 0 Å². The van der Waals surface area contributed by atoms with Crippen molar-refractivity contribution in [2.45, 2.75) is 45.1 Å². The van der Waals surface area contributed by atoms with Gasteiger partial charge in [0.15, 0.2) is 0 Å².